The first kappa shape index (κ1) is 17.4. The SMILES string of the molecule is Cc1cn(-c2c(C3CC(c4ccccc4)=NN3)c(C)nn2-c2ccccc2)cn1. The molecule has 0 aliphatic carbocycles. The summed E-state index contributed by atoms with van der Waals surface area (Å²) in [5.41, 5.74) is 9.67. The second-order valence-corrected chi connectivity index (χ2v) is 7.30. The van der Waals surface area contributed by atoms with Crippen molar-refractivity contribution in [3.05, 3.63) is 95.7 Å². The summed E-state index contributed by atoms with van der Waals surface area (Å²) < 4.78 is 4.05. The molecule has 6 heteroatoms. The van der Waals surface area contributed by atoms with Crippen molar-refractivity contribution in [2.45, 2.75) is 26.3 Å². The molecule has 2 aromatic heterocycles. The number of benzene rings is 2. The molecule has 6 nitrogen and oxygen atoms in total. The molecule has 0 radical (unpaired) electrons. The minimum atomic E-state index is 0.0559. The van der Waals surface area contributed by atoms with Crippen LogP contribution in [0.2, 0.25) is 0 Å². The molecular formula is C23H22N6. The Bertz CT molecular complexity index is 1170. The first-order valence-electron chi connectivity index (χ1n) is 9.74. The monoisotopic (exact) mass is 382 g/mol. The van der Waals surface area contributed by atoms with E-state index in [1.807, 2.05) is 60.5 Å². The minimum absolute atomic E-state index is 0.0559. The van der Waals surface area contributed by atoms with Crippen LogP contribution in [0.3, 0.4) is 0 Å². The average Bonchev–Trinajstić information content (AvgIpc) is 3.47. The number of hydrogen-bond acceptors (Lipinski definition) is 4. The van der Waals surface area contributed by atoms with E-state index < -0.39 is 0 Å². The fraction of sp³-hybridized carbons (Fsp3) is 0.174. The fourth-order valence-electron chi connectivity index (χ4n) is 3.89. The summed E-state index contributed by atoms with van der Waals surface area (Å²) in [4.78, 5) is 4.44. The number of rotatable bonds is 4. The molecule has 0 bridgehead atoms. The zero-order chi connectivity index (χ0) is 19.8. The highest BCUT2D eigenvalue weighted by atomic mass is 15.4. The van der Waals surface area contributed by atoms with Crippen molar-refractivity contribution in [3.8, 4) is 11.5 Å². The van der Waals surface area contributed by atoms with Crippen LogP contribution in [-0.2, 0) is 0 Å². The van der Waals surface area contributed by atoms with Crippen LogP contribution in [0.25, 0.3) is 11.5 Å². The molecule has 1 aliphatic rings. The highest BCUT2D eigenvalue weighted by Gasteiger charge is 2.29. The van der Waals surface area contributed by atoms with Crippen LogP contribution < -0.4 is 5.43 Å². The lowest BCUT2D eigenvalue weighted by molar-refractivity contribution is 0.612. The third kappa shape index (κ3) is 3.12. The first-order chi connectivity index (χ1) is 14.2. The molecule has 2 aromatic carbocycles. The predicted molar refractivity (Wildman–Crippen MR) is 114 cm³/mol. The van der Waals surface area contributed by atoms with E-state index in [9.17, 15) is 0 Å². The molecule has 144 valence electrons. The third-order valence-corrected chi connectivity index (χ3v) is 5.25. The maximum Gasteiger partial charge on any atom is 0.147 e. The third-order valence-electron chi connectivity index (χ3n) is 5.25. The Balaban J connectivity index is 1.60. The number of hydrogen-bond donors (Lipinski definition) is 1. The van der Waals surface area contributed by atoms with Crippen molar-refractivity contribution >= 4 is 5.71 Å². The zero-order valence-corrected chi connectivity index (χ0v) is 16.4. The van der Waals surface area contributed by atoms with Gasteiger partial charge in [0.25, 0.3) is 0 Å². The van der Waals surface area contributed by atoms with E-state index in [2.05, 4.69) is 51.3 Å². The van der Waals surface area contributed by atoms with Gasteiger partial charge >= 0.3 is 0 Å². The van der Waals surface area contributed by atoms with Gasteiger partial charge in [-0.05, 0) is 31.5 Å². The number of para-hydroxylation sites is 1. The van der Waals surface area contributed by atoms with Gasteiger partial charge in [0, 0.05) is 18.2 Å². The first-order valence-corrected chi connectivity index (χ1v) is 9.74. The highest BCUT2D eigenvalue weighted by molar-refractivity contribution is 6.01. The summed E-state index contributed by atoms with van der Waals surface area (Å²) in [6.45, 7) is 4.06. The number of aromatic nitrogens is 4. The molecule has 1 N–H and O–H groups in total. The number of nitrogens with zero attached hydrogens (tertiary/aromatic N) is 5. The molecular weight excluding hydrogens is 360 g/mol. The summed E-state index contributed by atoms with van der Waals surface area (Å²) in [5.74, 6) is 0.997. The molecule has 5 rings (SSSR count). The van der Waals surface area contributed by atoms with Gasteiger partial charge in [0.05, 0.1) is 28.8 Å². The van der Waals surface area contributed by atoms with Crippen molar-refractivity contribution in [2.24, 2.45) is 5.10 Å². The normalized spacial score (nSPS) is 15.9. The lowest BCUT2D eigenvalue weighted by Gasteiger charge is -2.15. The van der Waals surface area contributed by atoms with Crippen LogP contribution in [0, 0.1) is 13.8 Å². The predicted octanol–water partition coefficient (Wildman–Crippen LogP) is 4.11. The molecule has 0 spiro atoms. The number of nitrogens with one attached hydrogen (secondary N) is 1. The summed E-state index contributed by atoms with van der Waals surface area (Å²) in [6, 6.07) is 20.6. The van der Waals surface area contributed by atoms with E-state index in [0.29, 0.717) is 0 Å². The Morgan fingerprint density at radius 2 is 1.69 bits per heavy atom. The van der Waals surface area contributed by atoms with Gasteiger partial charge in [0.1, 0.15) is 12.1 Å². The molecule has 29 heavy (non-hydrogen) atoms. The van der Waals surface area contributed by atoms with Crippen molar-refractivity contribution < 1.29 is 0 Å². The van der Waals surface area contributed by atoms with Crippen molar-refractivity contribution in [1.82, 2.24) is 24.8 Å². The van der Waals surface area contributed by atoms with Crippen molar-refractivity contribution in [1.29, 1.82) is 0 Å². The van der Waals surface area contributed by atoms with Gasteiger partial charge in [-0.1, -0.05) is 48.5 Å². The standard InChI is InChI=1S/C23H22N6/c1-16-14-28(15-24-16)23-22(17(2)27-29(23)19-11-7-4-8-12-19)21-13-20(25-26-21)18-9-5-3-6-10-18/h3-12,14-15,21,26H,13H2,1-2H3. The molecule has 0 saturated heterocycles. The largest absolute Gasteiger partial charge is 0.302 e. The number of imidazole rings is 1. The van der Waals surface area contributed by atoms with Gasteiger partial charge in [0.15, 0.2) is 0 Å². The van der Waals surface area contributed by atoms with Gasteiger partial charge in [-0.15, -0.1) is 0 Å². The molecule has 1 atom stereocenters. The summed E-state index contributed by atoms with van der Waals surface area (Å²) >= 11 is 0. The Labute approximate surface area is 169 Å². The minimum Gasteiger partial charge on any atom is -0.302 e. The highest BCUT2D eigenvalue weighted by Crippen LogP contribution is 2.33. The molecule has 0 saturated carbocycles. The Hall–Kier alpha value is -3.67. The quantitative estimate of drug-likeness (QED) is 0.578. The lowest BCUT2D eigenvalue weighted by atomic mass is 9.99. The van der Waals surface area contributed by atoms with Crippen molar-refractivity contribution in [3.63, 3.8) is 0 Å². The summed E-state index contributed by atoms with van der Waals surface area (Å²) in [5, 5.41) is 9.52. The topological polar surface area (TPSA) is 60.0 Å². The Morgan fingerprint density at radius 1 is 0.966 bits per heavy atom. The average molecular weight is 382 g/mol. The molecule has 1 aliphatic heterocycles. The van der Waals surface area contributed by atoms with Gasteiger partial charge < -0.3 is 5.43 Å². The van der Waals surface area contributed by atoms with Crippen LogP contribution >= 0.6 is 0 Å². The zero-order valence-electron chi connectivity index (χ0n) is 16.4. The van der Waals surface area contributed by atoms with E-state index in [1.54, 1.807) is 0 Å². The van der Waals surface area contributed by atoms with E-state index >= 15 is 0 Å². The Morgan fingerprint density at radius 3 is 2.38 bits per heavy atom. The second-order valence-electron chi connectivity index (χ2n) is 7.30. The molecule has 0 amide bonds. The van der Waals surface area contributed by atoms with Gasteiger partial charge in [-0.2, -0.15) is 10.2 Å². The van der Waals surface area contributed by atoms with Crippen LogP contribution in [0.15, 0.2) is 78.3 Å². The fourth-order valence-corrected chi connectivity index (χ4v) is 3.89. The van der Waals surface area contributed by atoms with E-state index in [4.69, 9.17) is 5.10 Å². The van der Waals surface area contributed by atoms with Gasteiger partial charge in [-0.25, -0.2) is 9.67 Å². The van der Waals surface area contributed by atoms with Crippen LogP contribution in [0.4, 0.5) is 0 Å². The summed E-state index contributed by atoms with van der Waals surface area (Å²) in [7, 11) is 0. The van der Waals surface area contributed by atoms with E-state index in [1.165, 1.54) is 0 Å². The molecule has 4 aromatic rings. The van der Waals surface area contributed by atoms with Gasteiger partial charge in [-0.3, -0.25) is 4.57 Å². The van der Waals surface area contributed by atoms with Gasteiger partial charge in [0.2, 0.25) is 0 Å². The maximum absolute atomic E-state index is 4.89. The van der Waals surface area contributed by atoms with Crippen LogP contribution in [0.5, 0.6) is 0 Å². The van der Waals surface area contributed by atoms with E-state index in [0.717, 1.165) is 46.2 Å². The number of hydrazone groups is 1. The van der Waals surface area contributed by atoms with Crippen LogP contribution in [-0.4, -0.2) is 25.0 Å². The second kappa shape index (κ2) is 7.05. The lowest BCUT2D eigenvalue weighted by Crippen LogP contribution is -2.14. The smallest absolute Gasteiger partial charge is 0.147 e. The molecule has 3 heterocycles. The van der Waals surface area contributed by atoms with Crippen molar-refractivity contribution in [2.75, 3.05) is 0 Å². The van der Waals surface area contributed by atoms with Crippen LogP contribution in [0.1, 0.15) is 35.0 Å². The Kier molecular flexibility index (Phi) is 4.24. The van der Waals surface area contributed by atoms with E-state index in [-0.39, 0.29) is 6.04 Å². The number of aryl methyl sites for hydroxylation is 2. The molecule has 1 unspecified atom stereocenters. The summed E-state index contributed by atoms with van der Waals surface area (Å²) in [6.07, 6.45) is 4.70. The molecule has 0 fully saturated rings. The maximum atomic E-state index is 4.89.